The number of amides is 3. The van der Waals surface area contributed by atoms with Gasteiger partial charge in [0.2, 0.25) is 5.91 Å². The molecule has 0 unspecified atom stereocenters. The molecule has 3 heterocycles. The minimum atomic E-state index is -0.838. The number of hydrogen-bond donors (Lipinski definition) is 2. The molecule has 0 bridgehead atoms. The number of rotatable bonds is 5. The van der Waals surface area contributed by atoms with Gasteiger partial charge in [-0.2, -0.15) is 0 Å². The van der Waals surface area contributed by atoms with Crippen LogP contribution in [-0.4, -0.2) is 65.4 Å². The van der Waals surface area contributed by atoms with Crippen LogP contribution in [0, 0.1) is 0 Å². The van der Waals surface area contributed by atoms with E-state index in [0.717, 1.165) is 11.1 Å². The van der Waals surface area contributed by atoms with Gasteiger partial charge in [-0.3, -0.25) is 19.4 Å². The normalized spacial score (nSPS) is 18.7. The summed E-state index contributed by atoms with van der Waals surface area (Å²) >= 11 is 0. The van der Waals surface area contributed by atoms with E-state index in [1.807, 2.05) is 18.2 Å². The highest BCUT2D eigenvalue weighted by Crippen LogP contribution is 2.37. The van der Waals surface area contributed by atoms with Gasteiger partial charge in [0, 0.05) is 30.6 Å². The minimum absolute atomic E-state index is 0.146. The van der Waals surface area contributed by atoms with Gasteiger partial charge in [0.25, 0.3) is 11.8 Å². The highest BCUT2D eigenvalue weighted by Gasteiger charge is 2.45. The van der Waals surface area contributed by atoms with Gasteiger partial charge >= 0.3 is 0 Å². The van der Waals surface area contributed by atoms with Crippen LogP contribution >= 0.6 is 0 Å². The van der Waals surface area contributed by atoms with Crippen LogP contribution in [0.3, 0.4) is 0 Å². The minimum Gasteiger partial charge on any atom is -0.497 e. The van der Waals surface area contributed by atoms with Crippen LogP contribution in [0.5, 0.6) is 11.5 Å². The molecular formula is C25H23N5O5. The van der Waals surface area contributed by atoms with E-state index in [4.69, 9.17) is 9.47 Å². The standard InChI is InChI=1S/C25H23N5O5/c1-34-15-4-5-16(21(12-15)35-2)14-3-6-18-17(11-14)25(33)30-10-7-19(22(30)24(32)28-18)29-23(31)20-13-26-8-9-27-20/h3-6,8-9,11-13,19,22H,7,10H2,1-2H3,(H,28,32)(H,29,31)/t19-,22-/m0/s1. The molecular weight excluding hydrogens is 450 g/mol. The first kappa shape index (κ1) is 22.3. The Morgan fingerprint density at radius 2 is 1.94 bits per heavy atom. The number of hydrogen-bond acceptors (Lipinski definition) is 7. The molecule has 3 aromatic rings. The van der Waals surface area contributed by atoms with E-state index in [1.54, 1.807) is 32.4 Å². The number of methoxy groups -OCH3 is 2. The monoisotopic (exact) mass is 473 g/mol. The lowest BCUT2D eigenvalue weighted by molar-refractivity contribution is -0.120. The quantitative estimate of drug-likeness (QED) is 0.582. The first-order valence-corrected chi connectivity index (χ1v) is 11.1. The number of ether oxygens (including phenoxy) is 2. The number of aromatic nitrogens is 2. The van der Waals surface area contributed by atoms with Crippen molar-refractivity contribution in [2.24, 2.45) is 0 Å². The fraction of sp³-hybridized carbons (Fsp3) is 0.240. The van der Waals surface area contributed by atoms with Gasteiger partial charge < -0.3 is 25.0 Å². The molecule has 2 aliphatic rings. The van der Waals surface area contributed by atoms with Gasteiger partial charge in [0.05, 0.1) is 37.7 Å². The van der Waals surface area contributed by atoms with Crippen molar-refractivity contribution in [3.05, 3.63) is 66.2 Å². The Labute approximate surface area is 201 Å². The van der Waals surface area contributed by atoms with Crippen LogP contribution in [0.25, 0.3) is 11.1 Å². The van der Waals surface area contributed by atoms with Crippen molar-refractivity contribution in [1.82, 2.24) is 20.2 Å². The Kier molecular flexibility index (Phi) is 5.77. The molecule has 178 valence electrons. The van der Waals surface area contributed by atoms with Crippen molar-refractivity contribution in [3.8, 4) is 22.6 Å². The number of carbonyl (C=O) groups is 3. The average molecular weight is 473 g/mol. The number of benzene rings is 2. The summed E-state index contributed by atoms with van der Waals surface area (Å²) in [5, 5.41) is 5.70. The second-order valence-corrected chi connectivity index (χ2v) is 8.22. The third kappa shape index (κ3) is 4.03. The zero-order chi connectivity index (χ0) is 24.5. The van der Waals surface area contributed by atoms with Gasteiger partial charge in [0.15, 0.2) is 0 Å². The summed E-state index contributed by atoms with van der Waals surface area (Å²) in [6.07, 6.45) is 4.69. The smallest absolute Gasteiger partial charge is 0.271 e. The van der Waals surface area contributed by atoms with Gasteiger partial charge in [-0.25, -0.2) is 4.98 Å². The summed E-state index contributed by atoms with van der Waals surface area (Å²) in [6.45, 7) is 0.331. The Hall–Kier alpha value is -4.47. The molecule has 10 heteroatoms. The van der Waals surface area contributed by atoms with Crippen LogP contribution < -0.4 is 20.1 Å². The Morgan fingerprint density at radius 1 is 1.09 bits per heavy atom. The molecule has 10 nitrogen and oxygen atoms in total. The zero-order valence-corrected chi connectivity index (χ0v) is 19.1. The molecule has 2 aliphatic heterocycles. The fourth-order valence-corrected chi connectivity index (χ4v) is 4.55. The molecule has 2 aromatic carbocycles. The molecule has 3 amide bonds. The Balaban J connectivity index is 1.44. The number of nitrogens with one attached hydrogen (secondary N) is 2. The van der Waals surface area contributed by atoms with E-state index in [9.17, 15) is 14.4 Å². The van der Waals surface area contributed by atoms with E-state index in [1.165, 1.54) is 23.5 Å². The van der Waals surface area contributed by atoms with Crippen molar-refractivity contribution >= 4 is 23.4 Å². The van der Waals surface area contributed by atoms with Gasteiger partial charge in [-0.1, -0.05) is 6.07 Å². The highest BCUT2D eigenvalue weighted by atomic mass is 16.5. The maximum Gasteiger partial charge on any atom is 0.271 e. The Bertz CT molecular complexity index is 1310. The molecule has 35 heavy (non-hydrogen) atoms. The third-order valence-electron chi connectivity index (χ3n) is 6.27. The summed E-state index contributed by atoms with van der Waals surface area (Å²) < 4.78 is 10.8. The second kappa shape index (κ2) is 9.05. The summed E-state index contributed by atoms with van der Waals surface area (Å²) in [5.74, 6) is 0.169. The summed E-state index contributed by atoms with van der Waals surface area (Å²) in [7, 11) is 3.14. The van der Waals surface area contributed by atoms with Crippen molar-refractivity contribution in [1.29, 1.82) is 0 Å². The molecule has 0 aliphatic carbocycles. The van der Waals surface area contributed by atoms with Gasteiger partial charge in [-0.05, 0) is 36.2 Å². The lowest BCUT2D eigenvalue weighted by atomic mass is 10.00. The predicted molar refractivity (Wildman–Crippen MR) is 126 cm³/mol. The maximum atomic E-state index is 13.6. The molecule has 5 rings (SSSR count). The first-order valence-electron chi connectivity index (χ1n) is 11.1. The van der Waals surface area contributed by atoms with Crippen molar-refractivity contribution in [2.75, 3.05) is 26.1 Å². The highest BCUT2D eigenvalue weighted by molar-refractivity contribution is 6.11. The first-order chi connectivity index (χ1) is 17.0. The molecule has 0 radical (unpaired) electrons. The second-order valence-electron chi connectivity index (χ2n) is 8.22. The SMILES string of the molecule is COc1ccc(-c2ccc3c(c2)C(=O)N2CC[C@H](NC(=O)c4cnccn4)[C@H]2C(=O)N3)c(OC)c1. The van der Waals surface area contributed by atoms with Crippen LogP contribution in [0.4, 0.5) is 5.69 Å². The van der Waals surface area contributed by atoms with Crippen molar-refractivity contribution in [3.63, 3.8) is 0 Å². The topological polar surface area (TPSA) is 123 Å². The number of carbonyl (C=O) groups excluding carboxylic acids is 3. The number of fused-ring (bicyclic) bond motifs is 2. The van der Waals surface area contributed by atoms with Crippen LogP contribution in [0.1, 0.15) is 27.3 Å². The molecule has 0 spiro atoms. The van der Waals surface area contributed by atoms with Crippen LogP contribution in [0.2, 0.25) is 0 Å². The molecule has 2 N–H and O–H groups in total. The molecule has 2 atom stereocenters. The fourth-order valence-electron chi connectivity index (χ4n) is 4.55. The largest absolute Gasteiger partial charge is 0.497 e. The summed E-state index contributed by atoms with van der Waals surface area (Å²) in [5.41, 5.74) is 2.48. The van der Waals surface area contributed by atoms with Gasteiger partial charge in [-0.15, -0.1) is 0 Å². The summed E-state index contributed by atoms with van der Waals surface area (Å²) in [4.78, 5) is 48.7. The third-order valence-corrected chi connectivity index (χ3v) is 6.27. The van der Waals surface area contributed by atoms with Crippen molar-refractivity contribution < 1.29 is 23.9 Å². The average Bonchev–Trinajstić information content (AvgIpc) is 3.28. The van der Waals surface area contributed by atoms with Crippen LogP contribution in [-0.2, 0) is 4.79 Å². The lowest BCUT2D eigenvalue weighted by Crippen LogP contribution is -2.51. The van der Waals surface area contributed by atoms with Gasteiger partial charge in [0.1, 0.15) is 23.2 Å². The van der Waals surface area contributed by atoms with Crippen LogP contribution in [0.15, 0.2) is 55.0 Å². The van der Waals surface area contributed by atoms with E-state index in [2.05, 4.69) is 20.6 Å². The molecule has 0 saturated carbocycles. The molecule has 1 saturated heterocycles. The maximum absolute atomic E-state index is 13.6. The van der Waals surface area contributed by atoms with E-state index < -0.39 is 18.0 Å². The number of anilines is 1. The van der Waals surface area contributed by atoms with E-state index in [-0.39, 0.29) is 17.5 Å². The van der Waals surface area contributed by atoms with E-state index >= 15 is 0 Å². The Morgan fingerprint density at radius 3 is 2.69 bits per heavy atom. The van der Waals surface area contributed by atoms with E-state index in [0.29, 0.717) is 35.7 Å². The summed E-state index contributed by atoms with van der Waals surface area (Å²) in [6, 6.07) is 9.32. The van der Waals surface area contributed by atoms with Crippen molar-refractivity contribution in [2.45, 2.75) is 18.5 Å². The number of nitrogens with zero attached hydrogens (tertiary/aromatic N) is 3. The predicted octanol–water partition coefficient (Wildman–Crippen LogP) is 2.13. The zero-order valence-electron chi connectivity index (χ0n) is 19.1. The lowest BCUT2D eigenvalue weighted by Gasteiger charge is -2.24. The molecule has 1 aromatic heterocycles. The molecule has 1 fully saturated rings.